The third kappa shape index (κ3) is 38.2. The molecule has 20 unspecified atom stereocenters. The first kappa shape index (κ1) is 91.2. The predicted octanol–water partition coefficient (Wildman–Crippen LogP) is 11.1. The van der Waals surface area contributed by atoms with E-state index in [2.05, 4.69) is 34.6 Å². The molecule has 584 valence electrons. The van der Waals surface area contributed by atoms with Crippen molar-refractivity contribution >= 4 is 25.7 Å². The van der Waals surface area contributed by atoms with Crippen LogP contribution in [0, 0.1) is 11.8 Å². The lowest BCUT2D eigenvalue weighted by Gasteiger charge is -2.49. The summed E-state index contributed by atoms with van der Waals surface area (Å²) in [6.45, 7) is 8.10. The van der Waals surface area contributed by atoms with E-state index in [0.29, 0.717) is 31.1 Å². The molecule has 0 aromatic heterocycles. The number of ether oxygens (including phenoxy) is 7. The SMILES string of the molecule is CCCCCCCCCCCCCCC(=O)OCC(COP(=O)(O)OC1C(OC2OC(CO)C(O)C(O)C2O)C(O)C(O)C(O)C1OC1OC(COC(=O)CCCCCCCCC(C)CCCCCCCC)C(O)C(O)C1O)OC(=O)CCCCCCCCC(C)CCCCCCCC. The Morgan fingerprint density at radius 2 is 0.707 bits per heavy atom. The molecule has 20 atom stereocenters. The fraction of sp³-hybridized carbons (Fsp3) is 0.959. The fourth-order valence-electron chi connectivity index (χ4n) is 13.4. The van der Waals surface area contributed by atoms with Crippen LogP contribution < -0.4 is 0 Å². The van der Waals surface area contributed by atoms with Crippen molar-refractivity contribution in [3.05, 3.63) is 0 Å². The zero-order valence-corrected chi connectivity index (χ0v) is 62.3. The van der Waals surface area contributed by atoms with Gasteiger partial charge in [0.2, 0.25) is 0 Å². The Bertz CT molecular complexity index is 2080. The van der Waals surface area contributed by atoms with Gasteiger partial charge in [0, 0.05) is 19.3 Å². The highest BCUT2D eigenvalue weighted by Crippen LogP contribution is 2.49. The minimum absolute atomic E-state index is 0.0305. The third-order valence-electron chi connectivity index (χ3n) is 19.9. The van der Waals surface area contributed by atoms with Gasteiger partial charge in [0.25, 0.3) is 0 Å². The summed E-state index contributed by atoms with van der Waals surface area (Å²) in [4.78, 5) is 51.1. The molecule has 24 nitrogen and oxygen atoms in total. The van der Waals surface area contributed by atoms with Gasteiger partial charge in [-0.3, -0.25) is 23.4 Å². The monoisotopic (exact) mass is 1440 g/mol. The number of esters is 3. The molecule has 0 radical (unpaired) electrons. The minimum Gasteiger partial charge on any atom is -0.463 e. The number of phosphoric ester groups is 1. The van der Waals surface area contributed by atoms with Crippen LogP contribution in [0.4, 0.5) is 0 Å². The maximum absolute atomic E-state index is 14.4. The van der Waals surface area contributed by atoms with E-state index < -0.39 is 156 Å². The molecular weight excluding hydrogens is 1300 g/mol. The number of aliphatic hydroxyl groups is 10. The number of hydrogen-bond acceptors (Lipinski definition) is 23. The summed E-state index contributed by atoms with van der Waals surface area (Å²) < 4.78 is 65.2. The van der Waals surface area contributed by atoms with Gasteiger partial charge in [-0.25, -0.2) is 4.57 Å². The van der Waals surface area contributed by atoms with Crippen LogP contribution in [-0.2, 0) is 61.2 Å². The van der Waals surface area contributed by atoms with Crippen molar-refractivity contribution in [1.29, 1.82) is 0 Å². The van der Waals surface area contributed by atoms with E-state index in [9.17, 15) is 74.9 Å². The Labute approximate surface area is 593 Å². The van der Waals surface area contributed by atoms with Gasteiger partial charge in [-0.2, -0.15) is 0 Å². The molecule has 0 bridgehead atoms. The summed E-state index contributed by atoms with van der Waals surface area (Å²) in [5.41, 5.74) is 0. The number of phosphoric acid groups is 1. The number of carbonyl (C=O) groups is 3. The van der Waals surface area contributed by atoms with Crippen molar-refractivity contribution in [1.82, 2.24) is 0 Å². The first-order valence-electron chi connectivity index (χ1n) is 39.1. The molecule has 1 saturated carbocycles. The van der Waals surface area contributed by atoms with Crippen molar-refractivity contribution in [3.8, 4) is 0 Å². The van der Waals surface area contributed by atoms with Crippen molar-refractivity contribution in [2.24, 2.45) is 11.8 Å². The van der Waals surface area contributed by atoms with Crippen LogP contribution in [0.25, 0.3) is 0 Å². The smallest absolute Gasteiger partial charge is 0.463 e. The molecule has 2 saturated heterocycles. The normalized spacial score (nSPS) is 28.1. The maximum Gasteiger partial charge on any atom is 0.472 e. The molecule has 11 N–H and O–H groups in total. The van der Waals surface area contributed by atoms with Crippen LogP contribution in [0.15, 0.2) is 0 Å². The van der Waals surface area contributed by atoms with Gasteiger partial charge < -0.3 is 89.1 Å². The summed E-state index contributed by atoms with van der Waals surface area (Å²) >= 11 is 0. The van der Waals surface area contributed by atoms with Crippen LogP contribution in [-0.4, -0.2) is 204 Å². The second-order valence-electron chi connectivity index (χ2n) is 29.0. The molecule has 0 aromatic carbocycles. The summed E-state index contributed by atoms with van der Waals surface area (Å²) in [6.07, 6.45) is 8.87. The third-order valence-corrected chi connectivity index (χ3v) is 20.9. The van der Waals surface area contributed by atoms with Crippen LogP contribution in [0.1, 0.15) is 311 Å². The molecule has 3 aliphatic rings. The van der Waals surface area contributed by atoms with Crippen LogP contribution in [0.5, 0.6) is 0 Å². The number of carbonyl (C=O) groups excluding carboxylic acids is 3. The van der Waals surface area contributed by atoms with Crippen molar-refractivity contribution in [2.45, 2.75) is 415 Å². The largest absolute Gasteiger partial charge is 0.472 e. The molecular formula is C74H139O24P. The molecule has 0 spiro atoms. The van der Waals surface area contributed by atoms with E-state index in [-0.39, 0.29) is 19.3 Å². The maximum atomic E-state index is 14.4. The van der Waals surface area contributed by atoms with Gasteiger partial charge in [-0.15, -0.1) is 0 Å². The quantitative estimate of drug-likeness (QED) is 0.0117. The molecule has 99 heavy (non-hydrogen) atoms. The Hall–Kier alpha value is -2.04. The number of rotatable bonds is 60. The van der Waals surface area contributed by atoms with Crippen molar-refractivity contribution < 1.29 is 117 Å². The van der Waals surface area contributed by atoms with Gasteiger partial charge in [0.1, 0.15) is 98.7 Å². The summed E-state index contributed by atoms with van der Waals surface area (Å²) in [6, 6.07) is 0. The Balaban J connectivity index is 1.73. The lowest BCUT2D eigenvalue weighted by molar-refractivity contribution is -0.360. The first-order chi connectivity index (χ1) is 47.6. The lowest BCUT2D eigenvalue weighted by atomic mass is 9.84. The molecule has 0 amide bonds. The summed E-state index contributed by atoms with van der Waals surface area (Å²) in [7, 11) is -5.70. The van der Waals surface area contributed by atoms with Gasteiger partial charge in [-0.1, -0.05) is 272 Å². The van der Waals surface area contributed by atoms with E-state index in [1.165, 1.54) is 141 Å². The van der Waals surface area contributed by atoms with E-state index in [1.807, 2.05) is 0 Å². The minimum atomic E-state index is -5.70. The average Bonchev–Trinajstić information content (AvgIpc) is 0.766. The van der Waals surface area contributed by atoms with E-state index in [1.54, 1.807) is 0 Å². The molecule has 2 heterocycles. The Morgan fingerprint density at radius 1 is 0.384 bits per heavy atom. The van der Waals surface area contributed by atoms with E-state index in [0.717, 1.165) is 96.3 Å². The number of aliphatic hydroxyl groups excluding tert-OH is 10. The summed E-state index contributed by atoms with van der Waals surface area (Å²) in [5.74, 6) is -0.601. The van der Waals surface area contributed by atoms with E-state index >= 15 is 0 Å². The second-order valence-corrected chi connectivity index (χ2v) is 30.4. The predicted molar refractivity (Wildman–Crippen MR) is 375 cm³/mol. The zero-order valence-electron chi connectivity index (χ0n) is 61.4. The average molecular weight is 1440 g/mol. The van der Waals surface area contributed by atoms with Gasteiger partial charge in [0.15, 0.2) is 18.7 Å². The molecule has 1 aliphatic carbocycles. The van der Waals surface area contributed by atoms with Crippen molar-refractivity contribution in [2.75, 3.05) is 26.4 Å². The topological polar surface area (TPSA) is 374 Å². The van der Waals surface area contributed by atoms with Gasteiger partial charge in [-0.05, 0) is 31.1 Å². The van der Waals surface area contributed by atoms with Crippen molar-refractivity contribution in [3.63, 3.8) is 0 Å². The number of unbranched alkanes of at least 4 members (excludes halogenated alkanes) is 31. The molecule has 2 aliphatic heterocycles. The van der Waals surface area contributed by atoms with Gasteiger partial charge in [0.05, 0.1) is 13.2 Å². The Morgan fingerprint density at radius 3 is 1.09 bits per heavy atom. The first-order valence-corrected chi connectivity index (χ1v) is 40.6. The van der Waals surface area contributed by atoms with E-state index in [4.69, 9.17) is 42.2 Å². The molecule has 25 heteroatoms. The highest BCUT2D eigenvalue weighted by Gasteiger charge is 2.58. The molecule has 0 aromatic rings. The molecule has 3 fully saturated rings. The van der Waals surface area contributed by atoms with Crippen LogP contribution in [0.2, 0.25) is 0 Å². The molecule has 3 rings (SSSR count). The standard InChI is InChI=1S/C74H139O24P/c1-6-9-12-15-18-19-20-21-22-23-32-39-46-58(76)90-50-55(93-60(78)48-41-34-27-25-31-38-45-54(5)43-36-29-17-14-11-8-3)51-92-99(88,89)98-72-70(96-73-68(86)63(81)61(79)56(49-75)94-73)66(84)65(83)67(85)71(72)97-74-69(87)64(82)62(80)57(95-74)52-91-59(77)47-40-33-26-24-30-37-44-53(4)42-35-28-16-13-10-7-2/h53-57,61-75,79-87H,6-52H2,1-5H3,(H,88,89). The highest BCUT2D eigenvalue weighted by atomic mass is 31.2. The Kier molecular flexibility index (Phi) is 50.2. The second kappa shape index (κ2) is 54.5. The fourth-order valence-corrected chi connectivity index (χ4v) is 14.3. The summed E-state index contributed by atoms with van der Waals surface area (Å²) in [5, 5.41) is 110. The number of hydrogen-bond donors (Lipinski definition) is 11. The zero-order chi connectivity index (χ0) is 72.8. The van der Waals surface area contributed by atoms with Crippen LogP contribution in [0.3, 0.4) is 0 Å². The van der Waals surface area contributed by atoms with Gasteiger partial charge >= 0.3 is 25.7 Å². The highest BCUT2D eigenvalue weighted by molar-refractivity contribution is 7.47. The van der Waals surface area contributed by atoms with Crippen LogP contribution >= 0.6 is 7.82 Å². The lowest BCUT2D eigenvalue weighted by Crippen LogP contribution is -2.69.